The fourth-order valence-corrected chi connectivity index (χ4v) is 1.30. The maximum atomic E-state index is 12.0. The fourth-order valence-electron chi connectivity index (χ4n) is 1.30. The zero-order valence-corrected chi connectivity index (χ0v) is 9.31. The van der Waals surface area contributed by atoms with Gasteiger partial charge in [-0.3, -0.25) is 0 Å². The Bertz CT molecular complexity index is 415. The number of ether oxygens (including phenoxy) is 2. The summed E-state index contributed by atoms with van der Waals surface area (Å²) in [5.41, 5.74) is 0.149. The number of rotatable bonds is 4. The summed E-state index contributed by atoms with van der Waals surface area (Å²) in [6, 6.07) is 2.42. The Morgan fingerprint density at radius 3 is 1.63 bits per heavy atom. The molecule has 0 unspecified atom stereocenters. The maximum absolute atomic E-state index is 12.0. The molecule has 0 aliphatic rings. The van der Waals surface area contributed by atoms with Crippen molar-refractivity contribution in [3.8, 4) is 11.5 Å². The van der Waals surface area contributed by atoms with Crippen molar-refractivity contribution in [3.05, 3.63) is 36.4 Å². The molecule has 0 atom stereocenters. The number of halogens is 6. The van der Waals surface area contributed by atoms with Gasteiger partial charge in [0, 0.05) is 6.07 Å². The fraction of sp³-hybridized carbons (Fsp3) is 0.273. The van der Waals surface area contributed by atoms with Crippen LogP contribution in [0.1, 0.15) is 5.56 Å². The summed E-state index contributed by atoms with van der Waals surface area (Å²) in [6.45, 7) is 3.34. The van der Waals surface area contributed by atoms with Crippen molar-refractivity contribution in [2.45, 2.75) is 19.1 Å². The van der Waals surface area contributed by atoms with Gasteiger partial charge in [0.1, 0.15) is 11.5 Å². The van der Waals surface area contributed by atoms with Crippen LogP contribution in [0.25, 0.3) is 0 Å². The van der Waals surface area contributed by atoms with Crippen molar-refractivity contribution in [2.75, 3.05) is 0 Å². The molecule has 0 aromatic heterocycles. The van der Waals surface area contributed by atoms with Crippen LogP contribution < -0.4 is 9.47 Å². The van der Waals surface area contributed by atoms with Crippen molar-refractivity contribution in [3.63, 3.8) is 0 Å². The Balaban J connectivity index is 3.06. The van der Waals surface area contributed by atoms with Crippen molar-refractivity contribution >= 4 is 0 Å². The molecule has 8 heteroatoms. The molecule has 1 aromatic rings. The second-order valence-corrected chi connectivity index (χ2v) is 3.40. The third kappa shape index (κ3) is 6.03. The van der Waals surface area contributed by atoms with E-state index in [4.69, 9.17) is 0 Å². The Morgan fingerprint density at radius 1 is 0.895 bits per heavy atom. The van der Waals surface area contributed by atoms with Crippen LogP contribution in [-0.4, -0.2) is 12.7 Å². The van der Waals surface area contributed by atoms with Gasteiger partial charge in [-0.1, -0.05) is 6.08 Å². The summed E-state index contributed by atoms with van der Waals surface area (Å²) in [6.07, 6.45) is -8.60. The molecule has 0 aliphatic carbocycles. The van der Waals surface area contributed by atoms with Gasteiger partial charge in [-0.2, -0.15) is 0 Å². The first-order valence-electron chi connectivity index (χ1n) is 4.85. The Kier molecular flexibility index (Phi) is 4.33. The van der Waals surface area contributed by atoms with Crippen molar-refractivity contribution < 1.29 is 35.8 Å². The van der Waals surface area contributed by atoms with Gasteiger partial charge >= 0.3 is 12.7 Å². The smallest absolute Gasteiger partial charge is 0.406 e. The summed E-state index contributed by atoms with van der Waals surface area (Å²) in [5.74, 6) is -1.57. The van der Waals surface area contributed by atoms with E-state index < -0.39 is 24.2 Å². The second kappa shape index (κ2) is 5.41. The van der Waals surface area contributed by atoms with Crippen LogP contribution in [0, 0.1) is 0 Å². The van der Waals surface area contributed by atoms with Crippen LogP contribution in [0.5, 0.6) is 11.5 Å². The number of hydrogen-bond acceptors (Lipinski definition) is 2. The maximum Gasteiger partial charge on any atom is 0.573 e. The molecule has 1 rings (SSSR count). The normalized spacial score (nSPS) is 12.1. The van der Waals surface area contributed by atoms with Crippen molar-refractivity contribution in [1.82, 2.24) is 0 Å². The van der Waals surface area contributed by atoms with Gasteiger partial charge < -0.3 is 9.47 Å². The number of allylic oxidation sites excluding steroid dienone is 1. The monoisotopic (exact) mass is 286 g/mol. The molecule has 0 spiro atoms. The van der Waals surface area contributed by atoms with Crippen LogP contribution in [0.15, 0.2) is 30.9 Å². The molecule has 106 valence electrons. The minimum Gasteiger partial charge on any atom is -0.406 e. The summed E-state index contributed by atoms with van der Waals surface area (Å²) in [7, 11) is 0. The summed E-state index contributed by atoms with van der Waals surface area (Å²) in [4.78, 5) is 0. The first-order valence-corrected chi connectivity index (χ1v) is 4.85. The first kappa shape index (κ1) is 15.2. The molecule has 0 bridgehead atoms. The number of benzene rings is 1. The highest BCUT2D eigenvalue weighted by Gasteiger charge is 2.33. The van der Waals surface area contributed by atoms with E-state index in [1.54, 1.807) is 0 Å². The Hall–Kier alpha value is -1.86. The van der Waals surface area contributed by atoms with Crippen LogP contribution in [0.3, 0.4) is 0 Å². The third-order valence-electron chi connectivity index (χ3n) is 1.79. The summed E-state index contributed by atoms with van der Waals surface area (Å²) >= 11 is 0. The van der Waals surface area contributed by atoms with E-state index in [0.717, 1.165) is 12.1 Å². The van der Waals surface area contributed by atoms with Crippen molar-refractivity contribution in [1.29, 1.82) is 0 Å². The van der Waals surface area contributed by atoms with E-state index in [9.17, 15) is 26.3 Å². The molecule has 0 amide bonds. The van der Waals surface area contributed by atoms with Gasteiger partial charge in [-0.25, -0.2) is 0 Å². The molecule has 2 nitrogen and oxygen atoms in total. The first-order chi connectivity index (χ1) is 8.59. The minimum absolute atomic E-state index is 0.0727. The molecule has 0 N–H and O–H groups in total. The van der Waals surface area contributed by atoms with E-state index in [2.05, 4.69) is 16.1 Å². The van der Waals surface area contributed by atoms with Gasteiger partial charge in [-0.15, -0.1) is 32.9 Å². The van der Waals surface area contributed by atoms with Gasteiger partial charge in [0.25, 0.3) is 0 Å². The molecule has 0 fully saturated rings. The van der Waals surface area contributed by atoms with Crippen molar-refractivity contribution in [2.24, 2.45) is 0 Å². The lowest BCUT2D eigenvalue weighted by molar-refractivity contribution is -0.276. The Labute approximate surface area is 104 Å². The van der Waals surface area contributed by atoms with Crippen LogP contribution in [0.4, 0.5) is 26.3 Å². The van der Waals surface area contributed by atoms with E-state index >= 15 is 0 Å². The SMILES string of the molecule is C=CCc1cc(OC(F)(F)F)cc(OC(F)(F)F)c1. The quantitative estimate of drug-likeness (QED) is 0.609. The van der Waals surface area contributed by atoms with E-state index in [0.29, 0.717) is 6.07 Å². The van der Waals surface area contributed by atoms with Gasteiger partial charge in [-0.05, 0) is 24.1 Å². The molecule has 0 saturated carbocycles. The topological polar surface area (TPSA) is 18.5 Å². The lowest BCUT2D eigenvalue weighted by atomic mass is 10.1. The molecule has 0 radical (unpaired) electrons. The largest absolute Gasteiger partial charge is 0.573 e. The Morgan fingerprint density at radius 2 is 1.32 bits per heavy atom. The third-order valence-corrected chi connectivity index (χ3v) is 1.79. The van der Waals surface area contributed by atoms with E-state index in [-0.39, 0.29) is 12.0 Å². The predicted octanol–water partition coefficient (Wildman–Crippen LogP) is 4.21. The summed E-state index contributed by atoms with van der Waals surface area (Å²) < 4.78 is 79.3. The lowest BCUT2D eigenvalue weighted by Crippen LogP contribution is -2.19. The highest BCUT2D eigenvalue weighted by molar-refractivity contribution is 5.39. The zero-order valence-electron chi connectivity index (χ0n) is 9.31. The molecular formula is C11H8F6O2. The molecule has 0 aliphatic heterocycles. The average Bonchev–Trinajstić information content (AvgIpc) is 2.11. The number of alkyl halides is 6. The van der Waals surface area contributed by atoms with Crippen LogP contribution in [0.2, 0.25) is 0 Å². The molecule has 0 saturated heterocycles. The van der Waals surface area contributed by atoms with E-state index in [1.165, 1.54) is 6.08 Å². The standard InChI is InChI=1S/C11H8F6O2/c1-2-3-7-4-8(18-10(12,13)14)6-9(5-7)19-11(15,16)17/h2,4-6H,1,3H2. The minimum atomic E-state index is -5.00. The molecule has 1 aromatic carbocycles. The molecule has 0 heterocycles. The second-order valence-electron chi connectivity index (χ2n) is 3.40. The highest BCUT2D eigenvalue weighted by atomic mass is 19.4. The average molecular weight is 286 g/mol. The van der Waals surface area contributed by atoms with Crippen LogP contribution >= 0.6 is 0 Å². The molecular weight excluding hydrogens is 278 g/mol. The van der Waals surface area contributed by atoms with Gasteiger partial charge in [0.05, 0.1) is 0 Å². The summed E-state index contributed by atoms with van der Waals surface area (Å²) in [5, 5.41) is 0. The highest BCUT2D eigenvalue weighted by Crippen LogP contribution is 2.31. The zero-order chi connectivity index (χ0) is 14.7. The van der Waals surface area contributed by atoms with Crippen LogP contribution in [-0.2, 0) is 6.42 Å². The van der Waals surface area contributed by atoms with E-state index in [1.807, 2.05) is 0 Å². The predicted molar refractivity (Wildman–Crippen MR) is 53.7 cm³/mol. The molecule has 19 heavy (non-hydrogen) atoms. The lowest BCUT2D eigenvalue weighted by Gasteiger charge is -2.14. The van der Waals surface area contributed by atoms with Gasteiger partial charge in [0.2, 0.25) is 0 Å². The van der Waals surface area contributed by atoms with Gasteiger partial charge in [0.15, 0.2) is 0 Å². The number of hydrogen-bond donors (Lipinski definition) is 0.